The van der Waals surface area contributed by atoms with Crippen molar-refractivity contribution in [2.75, 3.05) is 11.9 Å². The van der Waals surface area contributed by atoms with Crippen molar-refractivity contribution in [3.05, 3.63) is 63.5 Å². The van der Waals surface area contributed by atoms with Crippen LogP contribution >= 0.6 is 22.6 Å². The van der Waals surface area contributed by atoms with E-state index in [0.29, 0.717) is 0 Å². The SMILES string of the molecule is O=C(O)C(CNc1ccc(F)cc1I)c1ccccc1. The van der Waals surface area contributed by atoms with Crippen LogP contribution in [0.2, 0.25) is 0 Å². The van der Waals surface area contributed by atoms with Crippen LogP contribution in [-0.4, -0.2) is 17.6 Å². The fourth-order valence-electron chi connectivity index (χ4n) is 1.88. The van der Waals surface area contributed by atoms with Crippen molar-refractivity contribution >= 4 is 34.2 Å². The first-order valence-electron chi connectivity index (χ1n) is 6.04. The quantitative estimate of drug-likeness (QED) is 0.772. The van der Waals surface area contributed by atoms with Crippen molar-refractivity contribution < 1.29 is 14.3 Å². The summed E-state index contributed by atoms with van der Waals surface area (Å²) in [6.07, 6.45) is 0. The molecule has 0 aromatic heterocycles. The minimum atomic E-state index is -0.888. The molecule has 0 amide bonds. The number of hydrogen-bond donors (Lipinski definition) is 2. The summed E-state index contributed by atoms with van der Waals surface area (Å²) in [5.41, 5.74) is 1.47. The zero-order valence-corrected chi connectivity index (χ0v) is 12.7. The predicted octanol–water partition coefficient (Wildman–Crippen LogP) is 3.71. The minimum Gasteiger partial charge on any atom is -0.481 e. The number of halogens is 2. The van der Waals surface area contributed by atoms with Gasteiger partial charge in [0.1, 0.15) is 5.82 Å². The number of hydrogen-bond acceptors (Lipinski definition) is 2. The van der Waals surface area contributed by atoms with Gasteiger partial charge in [0.2, 0.25) is 0 Å². The number of rotatable bonds is 5. The van der Waals surface area contributed by atoms with Gasteiger partial charge < -0.3 is 10.4 Å². The first-order valence-corrected chi connectivity index (χ1v) is 7.12. The van der Waals surface area contributed by atoms with Crippen molar-refractivity contribution in [2.45, 2.75) is 5.92 Å². The monoisotopic (exact) mass is 385 g/mol. The highest BCUT2D eigenvalue weighted by Crippen LogP contribution is 2.22. The van der Waals surface area contributed by atoms with Crippen LogP contribution < -0.4 is 5.32 Å². The first kappa shape index (κ1) is 14.8. The van der Waals surface area contributed by atoms with E-state index in [4.69, 9.17) is 0 Å². The van der Waals surface area contributed by atoms with Gasteiger partial charge in [0.05, 0.1) is 5.92 Å². The molecular formula is C15H13FINO2. The van der Waals surface area contributed by atoms with Gasteiger partial charge in [0.25, 0.3) is 0 Å². The largest absolute Gasteiger partial charge is 0.481 e. The van der Waals surface area contributed by atoms with Gasteiger partial charge >= 0.3 is 5.97 Å². The molecule has 0 bridgehead atoms. The molecule has 2 rings (SSSR count). The summed E-state index contributed by atoms with van der Waals surface area (Å²) in [7, 11) is 0. The molecule has 1 unspecified atom stereocenters. The van der Waals surface area contributed by atoms with Crippen molar-refractivity contribution in [3.63, 3.8) is 0 Å². The van der Waals surface area contributed by atoms with Gasteiger partial charge in [-0.25, -0.2) is 4.39 Å². The van der Waals surface area contributed by atoms with Gasteiger partial charge in [0.15, 0.2) is 0 Å². The van der Waals surface area contributed by atoms with E-state index in [9.17, 15) is 14.3 Å². The van der Waals surface area contributed by atoms with E-state index in [1.807, 2.05) is 40.8 Å². The molecule has 2 aromatic rings. The molecule has 1 atom stereocenters. The second-order valence-electron chi connectivity index (χ2n) is 4.31. The maximum atomic E-state index is 13.0. The number of carboxylic acid groups (broad SMARTS) is 1. The molecule has 0 saturated carbocycles. The van der Waals surface area contributed by atoms with E-state index in [1.165, 1.54) is 12.1 Å². The van der Waals surface area contributed by atoms with Gasteiger partial charge in [-0.3, -0.25) is 4.79 Å². The summed E-state index contributed by atoms with van der Waals surface area (Å²) in [5.74, 6) is -1.84. The molecule has 2 N–H and O–H groups in total. The smallest absolute Gasteiger partial charge is 0.312 e. The number of benzene rings is 2. The lowest BCUT2D eigenvalue weighted by molar-refractivity contribution is -0.138. The fraction of sp³-hybridized carbons (Fsp3) is 0.133. The number of anilines is 1. The van der Waals surface area contributed by atoms with Gasteiger partial charge in [-0.15, -0.1) is 0 Å². The van der Waals surface area contributed by atoms with E-state index >= 15 is 0 Å². The summed E-state index contributed by atoms with van der Waals surface area (Å²) >= 11 is 2.01. The second kappa shape index (κ2) is 6.69. The topological polar surface area (TPSA) is 49.3 Å². The molecule has 0 aliphatic carbocycles. The Labute approximate surface area is 130 Å². The van der Waals surface area contributed by atoms with Gasteiger partial charge in [-0.1, -0.05) is 30.3 Å². The van der Waals surface area contributed by atoms with Crippen LogP contribution in [0.15, 0.2) is 48.5 Å². The zero-order chi connectivity index (χ0) is 14.5. The molecule has 0 aliphatic rings. The highest BCUT2D eigenvalue weighted by atomic mass is 127. The van der Waals surface area contributed by atoms with Crippen molar-refractivity contribution in [3.8, 4) is 0 Å². The third kappa shape index (κ3) is 3.69. The van der Waals surface area contributed by atoms with E-state index in [1.54, 1.807) is 18.2 Å². The normalized spacial score (nSPS) is 11.9. The molecule has 104 valence electrons. The van der Waals surface area contributed by atoms with Crippen LogP contribution in [0.5, 0.6) is 0 Å². The summed E-state index contributed by atoms with van der Waals surface area (Å²) in [4.78, 5) is 11.4. The summed E-state index contributed by atoms with van der Waals surface area (Å²) in [6.45, 7) is 0.251. The van der Waals surface area contributed by atoms with Crippen LogP contribution in [0.4, 0.5) is 10.1 Å². The van der Waals surface area contributed by atoms with Crippen LogP contribution in [0, 0.1) is 9.39 Å². The fourth-order valence-corrected chi connectivity index (χ4v) is 2.55. The Morgan fingerprint density at radius 1 is 1.25 bits per heavy atom. The van der Waals surface area contributed by atoms with E-state index in [2.05, 4.69) is 5.32 Å². The molecular weight excluding hydrogens is 372 g/mol. The van der Waals surface area contributed by atoms with Crippen LogP contribution in [0.25, 0.3) is 0 Å². The van der Waals surface area contributed by atoms with Crippen LogP contribution in [0.3, 0.4) is 0 Å². The third-order valence-corrected chi connectivity index (χ3v) is 3.82. The Kier molecular flexibility index (Phi) is 4.94. The van der Waals surface area contributed by atoms with Gasteiger partial charge in [-0.2, -0.15) is 0 Å². The molecule has 20 heavy (non-hydrogen) atoms. The molecule has 0 saturated heterocycles. The Bertz CT molecular complexity index is 604. The van der Waals surface area contributed by atoms with E-state index < -0.39 is 11.9 Å². The minimum absolute atomic E-state index is 0.251. The highest BCUT2D eigenvalue weighted by Gasteiger charge is 2.19. The summed E-state index contributed by atoms with van der Waals surface area (Å²) in [5, 5.41) is 12.4. The zero-order valence-electron chi connectivity index (χ0n) is 10.5. The van der Waals surface area contributed by atoms with E-state index in [0.717, 1.165) is 14.8 Å². The molecule has 0 heterocycles. The average molecular weight is 385 g/mol. The van der Waals surface area contributed by atoms with Crippen LogP contribution in [-0.2, 0) is 4.79 Å². The summed E-state index contributed by atoms with van der Waals surface area (Å²) in [6, 6.07) is 13.4. The van der Waals surface area contributed by atoms with Crippen LogP contribution in [0.1, 0.15) is 11.5 Å². The number of carbonyl (C=O) groups is 1. The van der Waals surface area contributed by atoms with Crippen molar-refractivity contribution in [2.24, 2.45) is 0 Å². The Balaban J connectivity index is 2.12. The molecule has 0 radical (unpaired) electrons. The number of nitrogens with one attached hydrogen (secondary N) is 1. The highest BCUT2D eigenvalue weighted by molar-refractivity contribution is 14.1. The maximum absolute atomic E-state index is 13.0. The van der Waals surface area contributed by atoms with Gasteiger partial charge in [-0.05, 0) is 46.4 Å². The first-order chi connectivity index (χ1) is 9.58. The maximum Gasteiger partial charge on any atom is 0.312 e. The molecule has 3 nitrogen and oxygen atoms in total. The van der Waals surface area contributed by atoms with Gasteiger partial charge in [0, 0.05) is 15.8 Å². The molecule has 0 aliphatic heterocycles. The standard InChI is InChI=1S/C15H13FINO2/c16-11-6-7-14(13(17)8-11)18-9-12(15(19)20)10-4-2-1-3-5-10/h1-8,12,18H,9H2,(H,19,20). The predicted molar refractivity (Wildman–Crippen MR) is 84.4 cm³/mol. The Hall–Kier alpha value is -1.63. The van der Waals surface area contributed by atoms with E-state index in [-0.39, 0.29) is 12.4 Å². The lowest BCUT2D eigenvalue weighted by Crippen LogP contribution is -2.21. The second-order valence-corrected chi connectivity index (χ2v) is 5.47. The Morgan fingerprint density at radius 3 is 2.55 bits per heavy atom. The lowest BCUT2D eigenvalue weighted by atomic mass is 9.99. The molecule has 0 spiro atoms. The molecule has 5 heteroatoms. The molecule has 2 aromatic carbocycles. The van der Waals surface area contributed by atoms with Crippen molar-refractivity contribution in [1.82, 2.24) is 0 Å². The van der Waals surface area contributed by atoms with Crippen molar-refractivity contribution in [1.29, 1.82) is 0 Å². The number of carboxylic acids is 1. The molecule has 0 fully saturated rings. The average Bonchev–Trinajstić information content (AvgIpc) is 2.42. The Morgan fingerprint density at radius 2 is 1.95 bits per heavy atom. The summed E-state index contributed by atoms with van der Waals surface area (Å²) < 4.78 is 13.7. The number of aliphatic carboxylic acids is 1. The third-order valence-electron chi connectivity index (χ3n) is 2.93. The lowest BCUT2D eigenvalue weighted by Gasteiger charge is -2.15.